The van der Waals surface area contributed by atoms with Gasteiger partial charge in [0.15, 0.2) is 0 Å². The van der Waals surface area contributed by atoms with E-state index in [2.05, 4.69) is 5.32 Å². The van der Waals surface area contributed by atoms with Crippen molar-refractivity contribution in [2.75, 3.05) is 19.4 Å². The van der Waals surface area contributed by atoms with E-state index in [1.165, 1.54) is 17.9 Å². The molecule has 0 aliphatic heterocycles. The zero-order chi connectivity index (χ0) is 13.9. The molecule has 0 saturated carbocycles. The fourth-order valence-corrected chi connectivity index (χ4v) is 1.53. The van der Waals surface area contributed by atoms with Gasteiger partial charge in [0.2, 0.25) is 0 Å². The molecule has 6 heteroatoms. The summed E-state index contributed by atoms with van der Waals surface area (Å²) in [7, 11) is 3.24. The van der Waals surface area contributed by atoms with Gasteiger partial charge in [0.25, 0.3) is 5.91 Å². The fraction of sp³-hybridized carbons (Fsp3) is 0.333. The number of nitrogens with one attached hydrogen (secondary N) is 1. The molecule has 1 unspecified atom stereocenters. The van der Waals surface area contributed by atoms with Crippen molar-refractivity contribution < 1.29 is 14.7 Å². The van der Waals surface area contributed by atoms with Crippen LogP contribution < -0.4 is 5.32 Å². The normalized spacial score (nSPS) is 11.8. The molecular formula is C12H15ClN2O3. The van der Waals surface area contributed by atoms with Gasteiger partial charge in [0, 0.05) is 24.8 Å². The van der Waals surface area contributed by atoms with Crippen LogP contribution in [0.25, 0.3) is 0 Å². The van der Waals surface area contributed by atoms with Gasteiger partial charge in [-0.15, -0.1) is 0 Å². The molecule has 0 saturated heterocycles. The Morgan fingerprint density at radius 1 is 1.39 bits per heavy atom. The van der Waals surface area contributed by atoms with E-state index in [0.29, 0.717) is 16.3 Å². The van der Waals surface area contributed by atoms with Gasteiger partial charge >= 0.3 is 5.97 Å². The Morgan fingerprint density at radius 2 is 2.00 bits per heavy atom. The van der Waals surface area contributed by atoms with E-state index in [1.807, 2.05) is 0 Å². The van der Waals surface area contributed by atoms with Gasteiger partial charge in [-0.3, -0.25) is 9.59 Å². The van der Waals surface area contributed by atoms with Crippen LogP contribution in [0.3, 0.4) is 0 Å². The number of carbonyl (C=O) groups is 2. The molecule has 1 amide bonds. The molecule has 1 aromatic carbocycles. The first-order chi connectivity index (χ1) is 8.32. The van der Waals surface area contributed by atoms with E-state index in [9.17, 15) is 9.59 Å². The average molecular weight is 271 g/mol. The molecule has 5 nitrogen and oxygen atoms in total. The van der Waals surface area contributed by atoms with Crippen LogP contribution in [0.15, 0.2) is 18.2 Å². The first-order valence-electron chi connectivity index (χ1n) is 5.33. The van der Waals surface area contributed by atoms with Crippen LogP contribution in [0.4, 0.5) is 5.69 Å². The summed E-state index contributed by atoms with van der Waals surface area (Å²) in [5.74, 6) is -1.23. The van der Waals surface area contributed by atoms with Gasteiger partial charge in [-0.05, 0) is 25.1 Å². The van der Waals surface area contributed by atoms with Crippen LogP contribution in [-0.4, -0.2) is 42.0 Å². The van der Waals surface area contributed by atoms with Crippen molar-refractivity contribution in [2.24, 2.45) is 0 Å². The first-order valence-corrected chi connectivity index (χ1v) is 5.71. The summed E-state index contributed by atoms with van der Waals surface area (Å²) in [6.45, 7) is 1.50. The largest absolute Gasteiger partial charge is 0.480 e. The minimum Gasteiger partial charge on any atom is -0.480 e. The van der Waals surface area contributed by atoms with Crippen molar-refractivity contribution in [2.45, 2.75) is 13.0 Å². The van der Waals surface area contributed by atoms with Crippen molar-refractivity contribution in [3.8, 4) is 0 Å². The second kappa shape index (κ2) is 5.73. The number of hydrogen-bond donors (Lipinski definition) is 2. The Kier molecular flexibility index (Phi) is 4.55. The van der Waals surface area contributed by atoms with E-state index in [1.54, 1.807) is 26.2 Å². The van der Waals surface area contributed by atoms with Crippen LogP contribution in [0.2, 0.25) is 5.02 Å². The number of hydrogen-bond acceptors (Lipinski definition) is 3. The number of benzene rings is 1. The minimum atomic E-state index is -0.992. The topological polar surface area (TPSA) is 69.6 Å². The number of amides is 1. The highest BCUT2D eigenvalue weighted by molar-refractivity contribution is 6.31. The molecule has 1 atom stereocenters. The number of halogens is 1. The predicted molar refractivity (Wildman–Crippen MR) is 70.2 cm³/mol. The molecule has 0 fully saturated rings. The smallest absolute Gasteiger partial charge is 0.325 e. The number of aliphatic carboxylic acids is 1. The third kappa shape index (κ3) is 3.37. The van der Waals surface area contributed by atoms with Crippen LogP contribution >= 0.6 is 11.6 Å². The van der Waals surface area contributed by atoms with Crippen LogP contribution in [-0.2, 0) is 4.79 Å². The van der Waals surface area contributed by atoms with Crippen LogP contribution in [0.1, 0.15) is 17.3 Å². The second-order valence-electron chi connectivity index (χ2n) is 4.09. The summed E-state index contributed by atoms with van der Waals surface area (Å²) < 4.78 is 0. The monoisotopic (exact) mass is 270 g/mol. The van der Waals surface area contributed by atoms with Gasteiger partial charge in [0.1, 0.15) is 6.04 Å². The maximum atomic E-state index is 11.9. The number of carbonyl (C=O) groups excluding carboxylic acids is 1. The van der Waals surface area contributed by atoms with Crippen molar-refractivity contribution in [3.05, 3.63) is 28.8 Å². The molecule has 98 valence electrons. The molecule has 0 radical (unpaired) electrons. The SMILES string of the molecule is CC(Nc1ccc(Cl)cc1C(=O)N(C)C)C(=O)O. The highest BCUT2D eigenvalue weighted by atomic mass is 35.5. The van der Waals surface area contributed by atoms with E-state index in [0.717, 1.165) is 0 Å². The maximum Gasteiger partial charge on any atom is 0.325 e. The third-order valence-electron chi connectivity index (χ3n) is 2.36. The first kappa shape index (κ1) is 14.3. The second-order valence-corrected chi connectivity index (χ2v) is 4.53. The minimum absolute atomic E-state index is 0.238. The van der Waals surface area contributed by atoms with Gasteiger partial charge < -0.3 is 15.3 Å². The molecule has 1 aromatic rings. The highest BCUT2D eigenvalue weighted by Crippen LogP contribution is 2.22. The average Bonchev–Trinajstić information content (AvgIpc) is 2.30. The molecule has 0 aliphatic rings. The Bertz CT molecular complexity index is 474. The lowest BCUT2D eigenvalue weighted by molar-refractivity contribution is -0.137. The zero-order valence-electron chi connectivity index (χ0n) is 10.4. The molecule has 0 aromatic heterocycles. The summed E-state index contributed by atoms with van der Waals surface area (Å²) in [5, 5.41) is 12.0. The Morgan fingerprint density at radius 3 is 2.50 bits per heavy atom. The molecule has 1 rings (SSSR count). The molecule has 0 bridgehead atoms. The predicted octanol–water partition coefficient (Wildman–Crippen LogP) is 1.93. The lowest BCUT2D eigenvalue weighted by Gasteiger charge is -2.17. The highest BCUT2D eigenvalue weighted by Gasteiger charge is 2.17. The molecular weight excluding hydrogens is 256 g/mol. The Balaban J connectivity index is 3.11. The van der Waals surface area contributed by atoms with Gasteiger partial charge in [0.05, 0.1) is 5.56 Å². The van der Waals surface area contributed by atoms with Crippen molar-refractivity contribution in [3.63, 3.8) is 0 Å². The number of anilines is 1. The van der Waals surface area contributed by atoms with Crippen LogP contribution in [0.5, 0.6) is 0 Å². The van der Waals surface area contributed by atoms with Crippen molar-refractivity contribution in [1.29, 1.82) is 0 Å². The quantitative estimate of drug-likeness (QED) is 0.877. The summed E-state index contributed by atoms with van der Waals surface area (Å²) in [5.41, 5.74) is 0.800. The van der Waals surface area contributed by atoms with E-state index in [4.69, 9.17) is 16.7 Å². The third-order valence-corrected chi connectivity index (χ3v) is 2.60. The molecule has 18 heavy (non-hydrogen) atoms. The van der Waals surface area contributed by atoms with Crippen molar-refractivity contribution in [1.82, 2.24) is 4.90 Å². The van der Waals surface area contributed by atoms with E-state index in [-0.39, 0.29) is 5.91 Å². The van der Waals surface area contributed by atoms with E-state index >= 15 is 0 Å². The van der Waals surface area contributed by atoms with Gasteiger partial charge in [-0.1, -0.05) is 11.6 Å². The number of carboxylic acids is 1. The molecule has 2 N–H and O–H groups in total. The molecule has 0 spiro atoms. The van der Waals surface area contributed by atoms with Gasteiger partial charge in [-0.25, -0.2) is 0 Å². The molecule has 0 aliphatic carbocycles. The maximum absolute atomic E-state index is 11.9. The summed E-state index contributed by atoms with van der Waals surface area (Å²) in [4.78, 5) is 24.2. The summed E-state index contributed by atoms with van der Waals surface area (Å²) in [6.07, 6.45) is 0. The fourth-order valence-electron chi connectivity index (χ4n) is 1.36. The number of carboxylic acid groups (broad SMARTS) is 1. The van der Waals surface area contributed by atoms with Crippen molar-refractivity contribution >= 4 is 29.2 Å². The lowest BCUT2D eigenvalue weighted by Crippen LogP contribution is -2.28. The lowest BCUT2D eigenvalue weighted by atomic mass is 10.1. The summed E-state index contributed by atoms with van der Waals surface area (Å²) >= 11 is 5.85. The van der Waals surface area contributed by atoms with E-state index < -0.39 is 12.0 Å². The zero-order valence-corrected chi connectivity index (χ0v) is 11.2. The van der Waals surface area contributed by atoms with Gasteiger partial charge in [-0.2, -0.15) is 0 Å². The molecule has 0 heterocycles. The summed E-state index contributed by atoms with van der Waals surface area (Å²) in [6, 6.07) is 3.92. The standard InChI is InChI=1S/C12H15ClN2O3/c1-7(12(17)18)14-10-5-4-8(13)6-9(10)11(16)15(2)3/h4-7,14H,1-3H3,(H,17,18). The number of nitrogens with zero attached hydrogens (tertiary/aromatic N) is 1. The van der Waals surface area contributed by atoms with Crippen LogP contribution in [0, 0.1) is 0 Å². The number of rotatable bonds is 4. The Labute approximate surface area is 110 Å². The Hall–Kier alpha value is -1.75.